The number of methoxy groups -OCH3 is 1. The molecule has 0 radical (unpaired) electrons. The fourth-order valence-electron chi connectivity index (χ4n) is 4.53. The lowest BCUT2D eigenvalue weighted by Gasteiger charge is -2.52. The van der Waals surface area contributed by atoms with Gasteiger partial charge in [0, 0.05) is 21.3 Å². The second kappa shape index (κ2) is 10.1. The van der Waals surface area contributed by atoms with Gasteiger partial charge in [-0.25, -0.2) is 0 Å². The maximum atomic E-state index is 6.22. The second-order valence-electron chi connectivity index (χ2n) is 6.80. The Morgan fingerprint density at radius 3 is 2.18 bits per heavy atom. The summed E-state index contributed by atoms with van der Waals surface area (Å²) in [6.45, 7) is 4.52. The number of ether oxygens (including phenoxy) is 1. The summed E-state index contributed by atoms with van der Waals surface area (Å²) in [7, 11) is 3.26. The highest BCUT2D eigenvalue weighted by molar-refractivity contribution is 6.70. The summed E-state index contributed by atoms with van der Waals surface area (Å²) >= 11 is 0. The summed E-state index contributed by atoms with van der Waals surface area (Å²) in [4.78, 5) is 0. The summed E-state index contributed by atoms with van der Waals surface area (Å²) in [6, 6.07) is 1.07. The van der Waals surface area contributed by atoms with Crippen LogP contribution >= 0.6 is 0 Å². The molecule has 0 bridgehead atoms. The van der Waals surface area contributed by atoms with E-state index in [1.165, 1.54) is 51.4 Å². The average Bonchev–Trinajstić information content (AvgIpc) is 2.55. The molecule has 1 aliphatic heterocycles. The van der Waals surface area contributed by atoms with Crippen LogP contribution in [-0.4, -0.2) is 35.1 Å². The van der Waals surface area contributed by atoms with Gasteiger partial charge in [-0.3, -0.25) is 0 Å². The molecule has 1 rings (SSSR count). The molecule has 0 spiro atoms. The summed E-state index contributed by atoms with van der Waals surface area (Å²) in [5, 5.41) is -0.158. The Balaban J connectivity index is 2.82. The predicted molar refractivity (Wildman–Crippen MR) is 95.3 cm³/mol. The molecule has 3 nitrogen and oxygen atoms in total. The highest BCUT2D eigenvalue weighted by atomic mass is 28.4. The van der Waals surface area contributed by atoms with Crippen molar-refractivity contribution in [3.63, 3.8) is 0 Å². The first-order valence-electron chi connectivity index (χ1n) is 9.31. The van der Waals surface area contributed by atoms with Gasteiger partial charge >= 0.3 is 8.56 Å². The quantitative estimate of drug-likeness (QED) is 0.384. The fourth-order valence-corrected chi connectivity index (χ4v) is 8.74. The largest absolute Gasteiger partial charge is 0.396 e. The maximum absolute atomic E-state index is 6.22. The van der Waals surface area contributed by atoms with Crippen molar-refractivity contribution < 1.29 is 13.6 Å². The summed E-state index contributed by atoms with van der Waals surface area (Å²) in [5.41, 5.74) is 0. The Bertz CT molecular complexity index is 294. The van der Waals surface area contributed by atoms with E-state index >= 15 is 0 Å². The molecule has 132 valence electrons. The summed E-state index contributed by atoms with van der Waals surface area (Å²) in [6.07, 6.45) is 12.7. The first kappa shape index (κ1) is 20.1. The molecule has 0 saturated carbocycles. The summed E-state index contributed by atoms with van der Waals surface area (Å²) < 4.78 is 18.3. The van der Waals surface area contributed by atoms with E-state index in [9.17, 15) is 0 Å². The first-order chi connectivity index (χ1) is 10.7. The molecular weight excluding hydrogens is 292 g/mol. The van der Waals surface area contributed by atoms with Crippen LogP contribution in [0.15, 0.2) is 0 Å². The maximum Gasteiger partial charge on any atom is 0.371 e. The van der Waals surface area contributed by atoms with Crippen molar-refractivity contribution in [2.75, 3.05) is 21.3 Å². The van der Waals surface area contributed by atoms with Crippen molar-refractivity contribution in [2.24, 2.45) is 5.92 Å². The zero-order valence-electron chi connectivity index (χ0n) is 15.6. The van der Waals surface area contributed by atoms with E-state index in [4.69, 9.17) is 13.6 Å². The van der Waals surface area contributed by atoms with Crippen LogP contribution in [0.25, 0.3) is 0 Å². The fraction of sp³-hybridized carbons (Fsp3) is 1.00. The van der Waals surface area contributed by atoms with Gasteiger partial charge in [-0.05, 0) is 31.2 Å². The van der Waals surface area contributed by atoms with Crippen molar-refractivity contribution >= 4 is 8.56 Å². The van der Waals surface area contributed by atoms with Gasteiger partial charge in [0.25, 0.3) is 0 Å². The summed E-state index contributed by atoms with van der Waals surface area (Å²) in [5.74, 6) is 0.597. The number of hydrogen-bond acceptors (Lipinski definition) is 3. The molecule has 0 N–H and O–H groups in total. The first-order valence-corrected chi connectivity index (χ1v) is 11.3. The molecule has 2 unspecified atom stereocenters. The van der Waals surface area contributed by atoms with Gasteiger partial charge in [0.15, 0.2) is 0 Å². The van der Waals surface area contributed by atoms with Crippen LogP contribution in [0, 0.1) is 5.92 Å². The van der Waals surface area contributed by atoms with Crippen molar-refractivity contribution in [1.29, 1.82) is 0 Å². The minimum Gasteiger partial charge on any atom is -0.396 e. The van der Waals surface area contributed by atoms with Crippen molar-refractivity contribution in [3.8, 4) is 0 Å². The zero-order valence-corrected chi connectivity index (χ0v) is 16.6. The Hall–Kier alpha value is 0.0969. The highest BCUT2D eigenvalue weighted by Crippen LogP contribution is 2.48. The molecule has 1 aliphatic rings. The molecule has 0 aromatic heterocycles. The lowest BCUT2D eigenvalue weighted by atomic mass is 9.87. The minimum absolute atomic E-state index is 0.158. The van der Waals surface area contributed by atoms with E-state index in [-0.39, 0.29) is 5.22 Å². The molecule has 2 atom stereocenters. The molecular formula is C18H38O3Si. The van der Waals surface area contributed by atoms with Gasteiger partial charge in [0.2, 0.25) is 0 Å². The molecule has 4 heteroatoms. The molecule has 1 heterocycles. The second-order valence-corrected chi connectivity index (χ2v) is 10.5. The van der Waals surface area contributed by atoms with Crippen LogP contribution in [0.3, 0.4) is 0 Å². The Morgan fingerprint density at radius 2 is 1.64 bits per heavy atom. The van der Waals surface area contributed by atoms with Crippen molar-refractivity contribution in [3.05, 3.63) is 0 Å². The van der Waals surface area contributed by atoms with Gasteiger partial charge in [-0.1, -0.05) is 58.8 Å². The molecule has 0 aromatic carbocycles. The van der Waals surface area contributed by atoms with Gasteiger partial charge in [-0.2, -0.15) is 0 Å². The SMILES string of the molecule is CCCCCCCC1CCC[Si](OC)(OC)C1(CCC)OC. The number of rotatable bonds is 11. The van der Waals surface area contributed by atoms with Crippen LogP contribution in [-0.2, 0) is 13.6 Å². The van der Waals surface area contributed by atoms with E-state index in [0.717, 1.165) is 18.9 Å². The average molecular weight is 331 g/mol. The smallest absolute Gasteiger partial charge is 0.371 e. The van der Waals surface area contributed by atoms with Crippen LogP contribution in [0.5, 0.6) is 0 Å². The third-order valence-electron chi connectivity index (χ3n) is 5.66. The Labute approximate surface area is 139 Å². The van der Waals surface area contributed by atoms with E-state index < -0.39 is 8.56 Å². The normalized spacial score (nSPS) is 28.0. The predicted octanol–water partition coefficient (Wildman–Crippen LogP) is 5.22. The standard InChI is InChI=1S/C18H38O3Si/c1-6-8-9-10-11-13-17-14-12-16-22(20-4,21-5)18(17,19-3)15-7-2/h17H,6-16H2,1-5H3. The lowest BCUT2D eigenvalue weighted by molar-refractivity contribution is -0.0567. The zero-order chi connectivity index (χ0) is 16.5. The Morgan fingerprint density at radius 1 is 0.955 bits per heavy atom. The Kier molecular flexibility index (Phi) is 9.21. The topological polar surface area (TPSA) is 27.7 Å². The minimum atomic E-state index is -2.29. The van der Waals surface area contributed by atoms with Gasteiger partial charge in [0.05, 0.1) is 0 Å². The van der Waals surface area contributed by atoms with Crippen molar-refractivity contribution in [1.82, 2.24) is 0 Å². The lowest BCUT2D eigenvalue weighted by Crippen LogP contribution is -2.68. The van der Waals surface area contributed by atoms with E-state index in [0.29, 0.717) is 5.92 Å². The van der Waals surface area contributed by atoms with Crippen LogP contribution in [0.4, 0.5) is 0 Å². The van der Waals surface area contributed by atoms with E-state index in [2.05, 4.69) is 13.8 Å². The van der Waals surface area contributed by atoms with Gasteiger partial charge in [0.1, 0.15) is 5.22 Å². The van der Waals surface area contributed by atoms with Crippen molar-refractivity contribution in [2.45, 2.75) is 89.3 Å². The molecule has 0 aliphatic carbocycles. The monoisotopic (exact) mass is 330 g/mol. The van der Waals surface area contributed by atoms with Crippen LogP contribution in [0.1, 0.15) is 78.1 Å². The van der Waals surface area contributed by atoms with Gasteiger partial charge in [-0.15, -0.1) is 0 Å². The number of unbranched alkanes of at least 4 members (excludes halogenated alkanes) is 4. The third-order valence-corrected chi connectivity index (χ3v) is 10.1. The van der Waals surface area contributed by atoms with Gasteiger partial charge < -0.3 is 13.6 Å². The molecule has 0 amide bonds. The number of hydrogen-bond donors (Lipinski definition) is 0. The molecule has 22 heavy (non-hydrogen) atoms. The van der Waals surface area contributed by atoms with Crippen LogP contribution in [0.2, 0.25) is 6.04 Å². The van der Waals surface area contributed by atoms with E-state index in [1.54, 1.807) is 0 Å². The molecule has 0 aromatic rings. The molecule has 1 saturated heterocycles. The third kappa shape index (κ3) is 4.14. The highest BCUT2D eigenvalue weighted by Gasteiger charge is 2.62. The van der Waals surface area contributed by atoms with E-state index in [1.807, 2.05) is 21.3 Å². The molecule has 1 fully saturated rings. The van der Waals surface area contributed by atoms with Crippen LogP contribution < -0.4 is 0 Å².